The van der Waals surface area contributed by atoms with Crippen LogP contribution >= 0.6 is 0 Å². The molecule has 0 unspecified atom stereocenters. The number of carbonyl (C=O) groups is 1. The Morgan fingerprint density at radius 3 is 2.68 bits per heavy atom. The number of halogens is 2. The summed E-state index contributed by atoms with van der Waals surface area (Å²) in [5.41, 5.74) is 2.16. The van der Waals surface area contributed by atoms with Crippen molar-refractivity contribution in [2.75, 3.05) is 11.9 Å². The maximum absolute atomic E-state index is 13.4. The fraction of sp³-hybridized carbons (Fsp3) is 0.444. The molecule has 2 amide bonds. The molecule has 0 saturated heterocycles. The van der Waals surface area contributed by atoms with E-state index >= 15 is 0 Å². The van der Waals surface area contributed by atoms with E-state index in [1.165, 1.54) is 16.4 Å². The van der Waals surface area contributed by atoms with Crippen LogP contribution in [0, 0.1) is 5.92 Å². The second-order valence-corrected chi connectivity index (χ2v) is 6.69. The Balaban J connectivity index is 1.74. The number of alkyl halides is 2. The maximum Gasteiger partial charge on any atom is 0.322 e. The Morgan fingerprint density at radius 2 is 2.00 bits per heavy atom. The number of urea groups is 1. The molecule has 1 aromatic heterocycles. The van der Waals surface area contributed by atoms with E-state index in [1.54, 1.807) is 4.90 Å². The van der Waals surface area contributed by atoms with Gasteiger partial charge in [0.15, 0.2) is 0 Å². The summed E-state index contributed by atoms with van der Waals surface area (Å²) in [4.78, 5) is 14.2. The van der Waals surface area contributed by atoms with Crippen molar-refractivity contribution in [3.8, 4) is 0 Å². The molecule has 0 saturated carbocycles. The second-order valence-electron chi connectivity index (χ2n) is 6.69. The van der Waals surface area contributed by atoms with Gasteiger partial charge >= 0.3 is 6.03 Å². The maximum atomic E-state index is 13.4. The molecule has 1 aliphatic rings. The van der Waals surface area contributed by atoms with E-state index in [1.807, 2.05) is 32.0 Å². The first-order valence-electron chi connectivity index (χ1n) is 8.42. The fourth-order valence-corrected chi connectivity index (χ4v) is 3.08. The van der Waals surface area contributed by atoms with E-state index in [4.69, 9.17) is 0 Å². The summed E-state index contributed by atoms with van der Waals surface area (Å²) in [6.45, 7) is 5.28. The molecule has 3 rings (SSSR count). The van der Waals surface area contributed by atoms with E-state index in [-0.39, 0.29) is 23.3 Å². The fourth-order valence-electron chi connectivity index (χ4n) is 3.08. The second kappa shape index (κ2) is 7.21. The third kappa shape index (κ3) is 3.81. The number of amides is 2. The summed E-state index contributed by atoms with van der Waals surface area (Å²) in [6.07, 6.45) is -0.629. The van der Waals surface area contributed by atoms with Gasteiger partial charge in [-0.05, 0) is 23.5 Å². The first-order chi connectivity index (χ1) is 12.0. The lowest BCUT2D eigenvalue weighted by Gasteiger charge is -2.28. The van der Waals surface area contributed by atoms with Gasteiger partial charge in [0.2, 0.25) is 0 Å². The minimum absolute atomic E-state index is 0.0829. The molecule has 0 spiro atoms. The van der Waals surface area contributed by atoms with Crippen molar-refractivity contribution < 1.29 is 13.6 Å². The van der Waals surface area contributed by atoms with Crippen LogP contribution in [0.15, 0.2) is 30.5 Å². The molecule has 134 valence electrons. The zero-order valence-corrected chi connectivity index (χ0v) is 14.4. The van der Waals surface area contributed by atoms with Crippen molar-refractivity contribution in [3.63, 3.8) is 0 Å². The molecule has 7 heteroatoms. The van der Waals surface area contributed by atoms with Crippen LogP contribution in [0.5, 0.6) is 0 Å². The Hall–Kier alpha value is -2.44. The highest BCUT2D eigenvalue weighted by Gasteiger charge is 2.25. The standard InChI is InChI=1S/C18H22F2N4O/c1-12(2)10-24-16(17(19)20)15(9-21-24)22-18(25)23-8-7-13-5-3-4-6-14(13)11-23/h3-6,9,12,17H,7-8,10-11H2,1-2H3,(H,22,25). The molecule has 0 atom stereocenters. The quantitative estimate of drug-likeness (QED) is 0.906. The van der Waals surface area contributed by atoms with E-state index in [0.29, 0.717) is 19.6 Å². The number of nitrogens with one attached hydrogen (secondary N) is 1. The molecular weight excluding hydrogens is 326 g/mol. The molecule has 1 N–H and O–H groups in total. The highest BCUT2D eigenvalue weighted by Crippen LogP contribution is 2.28. The highest BCUT2D eigenvalue weighted by atomic mass is 19.3. The van der Waals surface area contributed by atoms with Gasteiger partial charge in [-0.25, -0.2) is 13.6 Å². The van der Waals surface area contributed by atoms with Crippen LogP contribution in [0.4, 0.5) is 19.3 Å². The zero-order valence-electron chi connectivity index (χ0n) is 14.4. The molecular formula is C18H22F2N4O. The summed E-state index contributed by atoms with van der Waals surface area (Å²) in [7, 11) is 0. The predicted octanol–water partition coefficient (Wildman–Crippen LogP) is 4.07. The first-order valence-corrected chi connectivity index (χ1v) is 8.42. The summed E-state index contributed by atoms with van der Waals surface area (Å²) < 4.78 is 28.1. The van der Waals surface area contributed by atoms with Crippen LogP contribution in [0.1, 0.15) is 37.1 Å². The van der Waals surface area contributed by atoms with E-state index in [9.17, 15) is 13.6 Å². The molecule has 0 aliphatic carbocycles. The number of rotatable bonds is 4. The molecule has 0 radical (unpaired) electrons. The van der Waals surface area contributed by atoms with Gasteiger partial charge in [-0.3, -0.25) is 4.68 Å². The minimum atomic E-state index is -2.70. The van der Waals surface area contributed by atoms with E-state index in [2.05, 4.69) is 16.5 Å². The van der Waals surface area contributed by atoms with Crippen LogP contribution in [-0.4, -0.2) is 27.3 Å². The Morgan fingerprint density at radius 1 is 1.28 bits per heavy atom. The summed E-state index contributed by atoms with van der Waals surface area (Å²) in [6, 6.07) is 7.58. The van der Waals surface area contributed by atoms with Gasteiger partial charge in [0.05, 0.1) is 11.9 Å². The topological polar surface area (TPSA) is 50.2 Å². The summed E-state index contributed by atoms with van der Waals surface area (Å²) in [5.74, 6) is 0.180. The smallest absolute Gasteiger partial charge is 0.320 e. The Bertz CT molecular complexity index is 757. The van der Waals surface area contributed by atoms with Gasteiger partial charge in [-0.2, -0.15) is 5.10 Å². The van der Waals surface area contributed by atoms with Crippen molar-refractivity contribution in [1.82, 2.24) is 14.7 Å². The lowest BCUT2D eigenvalue weighted by atomic mass is 10.0. The van der Waals surface area contributed by atoms with Crippen LogP contribution in [0.2, 0.25) is 0 Å². The van der Waals surface area contributed by atoms with Gasteiger partial charge in [-0.1, -0.05) is 38.1 Å². The molecule has 2 aromatic rings. The van der Waals surface area contributed by atoms with Gasteiger partial charge in [0.1, 0.15) is 5.69 Å². The number of anilines is 1. The number of benzene rings is 1. The highest BCUT2D eigenvalue weighted by molar-refractivity contribution is 5.90. The number of nitrogens with zero attached hydrogens (tertiary/aromatic N) is 3. The third-order valence-electron chi connectivity index (χ3n) is 4.28. The summed E-state index contributed by atoms with van der Waals surface area (Å²) >= 11 is 0. The van der Waals surface area contributed by atoms with Crippen molar-refractivity contribution in [2.24, 2.45) is 5.92 Å². The van der Waals surface area contributed by atoms with Gasteiger partial charge < -0.3 is 10.2 Å². The molecule has 0 bridgehead atoms. The average Bonchev–Trinajstić information content (AvgIpc) is 2.96. The van der Waals surface area contributed by atoms with Crippen molar-refractivity contribution in [3.05, 3.63) is 47.3 Å². The lowest BCUT2D eigenvalue weighted by Crippen LogP contribution is -2.39. The minimum Gasteiger partial charge on any atom is -0.320 e. The number of hydrogen-bond acceptors (Lipinski definition) is 2. The number of hydrogen-bond donors (Lipinski definition) is 1. The first kappa shape index (κ1) is 17.4. The van der Waals surface area contributed by atoms with Gasteiger partial charge in [0, 0.05) is 19.6 Å². The predicted molar refractivity (Wildman–Crippen MR) is 91.6 cm³/mol. The summed E-state index contributed by atoms with van der Waals surface area (Å²) in [5, 5.41) is 6.62. The molecule has 1 aliphatic heterocycles. The van der Waals surface area contributed by atoms with E-state index < -0.39 is 6.43 Å². The van der Waals surface area contributed by atoms with Crippen molar-refractivity contribution in [1.29, 1.82) is 0 Å². The average molecular weight is 348 g/mol. The number of fused-ring (bicyclic) bond motifs is 1. The van der Waals surface area contributed by atoms with Crippen LogP contribution in [-0.2, 0) is 19.5 Å². The number of carbonyl (C=O) groups excluding carboxylic acids is 1. The van der Waals surface area contributed by atoms with Crippen molar-refractivity contribution in [2.45, 2.75) is 39.8 Å². The van der Waals surface area contributed by atoms with Crippen LogP contribution in [0.25, 0.3) is 0 Å². The Labute approximate surface area is 145 Å². The van der Waals surface area contributed by atoms with Gasteiger partial charge in [0.25, 0.3) is 6.43 Å². The largest absolute Gasteiger partial charge is 0.322 e. The van der Waals surface area contributed by atoms with Gasteiger partial charge in [-0.15, -0.1) is 0 Å². The van der Waals surface area contributed by atoms with Crippen LogP contribution in [0.3, 0.4) is 0 Å². The molecule has 5 nitrogen and oxygen atoms in total. The zero-order chi connectivity index (χ0) is 18.0. The molecule has 0 fully saturated rings. The van der Waals surface area contributed by atoms with E-state index in [0.717, 1.165) is 12.0 Å². The normalized spacial score (nSPS) is 14.1. The lowest BCUT2D eigenvalue weighted by molar-refractivity contribution is 0.138. The SMILES string of the molecule is CC(C)Cn1ncc(NC(=O)N2CCc3ccccc3C2)c1C(F)F. The monoisotopic (exact) mass is 348 g/mol. The molecule has 2 heterocycles. The molecule has 1 aromatic carbocycles. The third-order valence-corrected chi connectivity index (χ3v) is 4.28. The molecule has 25 heavy (non-hydrogen) atoms. The van der Waals surface area contributed by atoms with Crippen LogP contribution < -0.4 is 5.32 Å². The van der Waals surface area contributed by atoms with Crippen molar-refractivity contribution >= 4 is 11.7 Å². The Kier molecular flexibility index (Phi) is 5.01. The number of aromatic nitrogens is 2.